The second-order valence-corrected chi connectivity index (χ2v) is 7.42. The number of amides is 1. The number of benzene rings is 1. The molecule has 0 atom stereocenters. The van der Waals surface area contributed by atoms with E-state index < -0.39 is 0 Å². The Morgan fingerprint density at radius 3 is 2.67 bits per heavy atom. The third-order valence-electron chi connectivity index (χ3n) is 3.63. The van der Waals surface area contributed by atoms with E-state index in [1.54, 1.807) is 6.92 Å². The monoisotopic (exact) mass is 405 g/mol. The number of aromatic nitrogens is 2. The average Bonchev–Trinajstić information content (AvgIpc) is 3.10. The first-order valence-corrected chi connectivity index (χ1v) is 9.10. The highest BCUT2D eigenvalue weighted by molar-refractivity contribution is 9.10. The fourth-order valence-corrected chi connectivity index (χ4v) is 3.53. The number of rotatable bonds is 4. The predicted molar refractivity (Wildman–Crippen MR) is 98.6 cm³/mol. The third kappa shape index (κ3) is 3.27. The van der Waals surface area contributed by atoms with Crippen molar-refractivity contribution in [2.24, 2.45) is 0 Å². The number of hydrogen-bond acceptors (Lipinski definition) is 5. The van der Waals surface area contributed by atoms with E-state index in [0.29, 0.717) is 28.6 Å². The van der Waals surface area contributed by atoms with Crippen LogP contribution in [0, 0.1) is 13.8 Å². The van der Waals surface area contributed by atoms with Crippen LogP contribution in [0.15, 0.2) is 33.3 Å². The molecule has 2 aromatic heterocycles. The van der Waals surface area contributed by atoms with Crippen molar-refractivity contribution in [3.8, 4) is 11.3 Å². The van der Waals surface area contributed by atoms with Gasteiger partial charge in [-0.3, -0.25) is 10.1 Å². The van der Waals surface area contributed by atoms with Gasteiger partial charge in [-0.2, -0.15) is 0 Å². The summed E-state index contributed by atoms with van der Waals surface area (Å²) in [6.45, 7) is 5.67. The van der Waals surface area contributed by atoms with Crippen molar-refractivity contribution in [2.45, 2.75) is 27.2 Å². The van der Waals surface area contributed by atoms with Gasteiger partial charge in [-0.05, 0) is 32.4 Å². The predicted octanol–water partition coefficient (Wildman–Crippen LogP) is 4.99. The van der Waals surface area contributed by atoms with Gasteiger partial charge in [-0.15, -0.1) is 11.3 Å². The summed E-state index contributed by atoms with van der Waals surface area (Å²) in [5.74, 6) is 0.285. The molecular weight excluding hydrogens is 390 g/mol. The van der Waals surface area contributed by atoms with Crippen molar-refractivity contribution in [1.82, 2.24) is 10.1 Å². The minimum Gasteiger partial charge on any atom is -0.361 e. The van der Waals surface area contributed by atoms with Crippen LogP contribution in [0.5, 0.6) is 0 Å². The highest BCUT2D eigenvalue weighted by Gasteiger charge is 2.21. The van der Waals surface area contributed by atoms with Gasteiger partial charge in [-0.1, -0.05) is 40.1 Å². The fourth-order valence-electron chi connectivity index (χ4n) is 2.44. The molecule has 0 bridgehead atoms. The summed E-state index contributed by atoms with van der Waals surface area (Å²) < 4.78 is 6.14. The summed E-state index contributed by atoms with van der Waals surface area (Å²) in [5.41, 5.74) is 3.05. The average molecular weight is 406 g/mol. The van der Waals surface area contributed by atoms with E-state index in [9.17, 15) is 4.79 Å². The first-order chi connectivity index (χ1) is 11.5. The molecule has 1 N–H and O–H groups in total. The van der Waals surface area contributed by atoms with Gasteiger partial charge < -0.3 is 4.52 Å². The first-order valence-electron chi connectivity index (χ1n) is 7.49. The molecule has 2 heterocycles. The quantitative estimate of drug-likeness (QED) is 0.663. The molecule has 5 nitrogen and oxygen atoms in total. The van der Waals surface area contributed by atoms with Gasteiger partial charge in [0, 0.05) is 14.9 Å². The Kier molecular flexibility index (Phi) is 4.82. The Morgan fingerprint density at radius 1 is 1.29 bits per heavy atom. The molecule has 0 aliphatic heterocycles. The number of carbonyl (C=O) groups is 1. The zero-order valence-corrected chi connectivity index (χ0v) is 15.9. The van der Waals surface area contributed by atoms with E-state index in [1.165, 1.54) is 11.3 Å². The first kappa shape index (κ1) is 16.9. The van der Waals surface area contributed by atoms with Crippen molar-refractivity contribution in [3.05, 3.63) is 50.6 Å². The van der Waals surface area contributed by atoms with Crippen LogP contribution < -0.4 is 5.32 Å². The molecule has 1 amide bonds. The second kappa shape index (κ2) is 6.86. The molecule has 1 aromatic carbocycles. The molecule has 0 saturated heterocycles. The van der Waals surface area contributed by atoms with E-state index in [1.807, 2.05) is 38.1 Å². The standard InChI is InChI=1S/C17H16BrN3O2S/c1-4-13-14(9(2)23-21-13)16(22)20-17-19-15(10(3)24-17)11-5-7-12(18)8-6-11/h5-8H,4H2,1-3H3,(H,19,20,22). The van der Waals surface area contributed by atoms with Crippen LogP contribution in [-0.2, 0) is 6.42 Å². The maximum atomic E-state index is 12.5. The number of thiazole rings is 1. The number of aryl methyl sites for hydroxylation is 3. The topological polar surface area (TPSA) is 68.0 Å². The van der Waals surface area contributed by atoms with Gasteiger partial charge in [0.15, 0.2) is 5.13 Å². The number of halogens is 1. The lowest BCUT2D eigenvalue weighted by atomic mass is 10.1. The molecule has 124 valence electrons. The lowest BCUT2D eigenvalue weighted by Gasteiger charge is -2.01. The molecule has 0 unspecified atom stereocenters. The highest BCUT2D eigenvalue weighted by Crippen LogP contribution is 2.31. The lowest BCUT2D eigenvalue weighted by Crippen LogP contribution is -2.14. The highest BCUT2D eigenvalue weighted by atomic mass is 79.9. The number of carbonyl (C=O) groups excluding carboxylic acids is 1. The zero-order valence-electron chi connectivity index (χ0n) is 13.5. The van der Waals surface area contributed by atoms with Gasteiger partial charge in [0.1, 0.15) is 11.3 Å². The maximum absolute atomic E-state index is 12.5. The van der Waals surface area contributed by atoms with Crippen LogP contribution in [0.1, 0.15) is 33.6 Å². The van der Waals surface area contributed by atoms with Crippen molar-refractivity contribution in [2.75, 3.05) is 5.32 Å². The Labute approximate surface area is 152 Å². The van der Waals surface area contributed by atoms with Gasteiger partial charge in [-0.25, -0.2) is 4.98 Å². The van der Waals surface area contributed by atoms with Crippen LogP contribution in [0.25, 0.3) is 11.3 Å². The van der Waals surface area contributed by atoms with Crippen LogP contribution >= 0.6 is 27.3 Å². The van der Waals surface area contributed by atoms with Gasteiger partial charge in [0.05, 0.1) is 11.4 Å². The van der Waals surface area contributed by atoms with Crippen LogP contribution in [0.2, 0.25) is 0 Å². The van der Waals surface area contributed by atoms with E-state index in [-0.39, 0.29) is 5.91 Å². The largest absolute Gasteiger partial charge is 0.361 e. The Bertz CT molecular complexity index is 884. The number of nitrogens with one attached hydrogen (secondary N) is 1. The minimum absolute atomic E-state index is 0.235. The summed E-state index contributed by atoms with van der Waals surface area (Å²) in [4.78, 5) is 18.1. The Morgan fingerprint density at radius 2 is 2.00 bits per heavy atom. The zero-order chi connectivity index (χ0) is 17.3. The molecule has 0 radical (unpaired) electrons. The summed E-state index contributed by atoms with van der Waals surface area (Å²) in [6.07, 6.45) is 0.640. The van der Waals surface area contributed by atoms with Crippen molar-refractivity contribution in [3.63, 3.8) is 0 Å². The molecule has 3 aromatic rings. The molecule has 0 fully saturated rings. The summed E-state index contributed by atoms with van der Waals surface area (Å²) >= 11 is 4.88. The lowest BCUT2D eigenvalue weighted by molar-refractivity contribution is 0.102. The number of nitrogens with zero attached hydrogens (tertiary/aromatic N) is 2. The second-order valence-electron chi connectivity index (χ2n) is 5.30. The Hall–Kier alpha value is -1.99. The molecule has 3 rings (SSSR count). The third-order valence-corrected chi connectivity index (χ3v) is 5.04. The number of anilines is 1. The van der Waals surface area contributed by atoms with Crippen molar-refractivity contribution in [1.29, 1.82) is 0 Å². The summed E-state index contributed by atoms with van der Waals surface area (Å²) in [5, 5.41) is 7.35. The number of hydrogen-bond donors (Lipinski definition) is 1. The van der Waals surface area contributed by atoms with E-state index in [2.05, 4.69) is 31.4 Å². The van der Waals surface area contributed by atoms with Crippen molar-refractivity contribution < 1.29 is 9.32 Å². The normalized spacial score (nSPS) is 10.8. The molecular formula is C17H16BrN3O2S. The van der Waals surface area contributed by atoms with E-state index >= 15 is 0 Å². The minimum atomic E-state index is -0.235. The van der Waals surface area contributed by atoms with E-state index in [4.69, 9.17) is 4.52 Å². The van der Waals surface area contributed by atoms with Gasteiger partial charge >= 0.3 is 0 Å². The molecule has 0 saturated carbocycles. The molecule has 7 heteroatoms. The molecule has 0 spiro atoms. The van der Waals surface area contributed by atoms with Crippen LogP contribution in [0.4, 0.5) is 5.13 Å². The van der Waals surface area contributed by atoms with Gasteiger partial charge in [0.2, 0.25) is 0 Å². The SMILES string of the molecule is CCc1noc(C)c1C(=O)Nc1nc(-c2ccc(Br)cc2)c(C)s1. The summed E-state index contributed by atoms with van der Waals surface area (Å²) in [7, 11) is 0. The van der Waals surface area contributed by atoms with Crippen LogP contribution in [-0.4, -0.2) is 16.0 Å². The fraction of sp³-hybridized carbons (Fsp3) is 0.235. The molecule has 0 aliphatic rings. The van der Waals surface area contributed by atoms with E-state index in [0.717, 1.165) is 20.6 Å². The summed E-state index contributed by atoms with van der Waals surface area (Å²) in [6, 6.07) is 7.94. The smallest absolute Gasteiger partial charge is 0.262 e. The molecule has 24 heavy (non-hydrogen) atoms. The van der Waals surface area contributed by atoms with Gasteiger partial charge in [0.25, 0.3) is 5.91 Å². The molecule has 0 aliphatic carbocycles. The van der Waals surface area contributed by atoms with Crippen molar-refractivity contribution >= 4 is 38.3 Å². The Balaban J connectivity index is 1.86. The van der Waals surface area contributed by atoms with Crippen LogP contribution in [0.3, 0.4) is 0 Å². The maximum Gasteiger partial charge on any atom is 0.262 e.